The van der Waals surface area contributed by atoms with Crippen molar-refractivity contribution in [3.05, 3.63) is 23.8 Å². The third-order valence-electron chi connectivity index (χ3n) is 2.51. The zero-order valence-electron chi connectivity index (χ0n) is 10.8. The van der Waals surface area contributed by atoms with Crippen molar-refractivity contribution in [2.24, 2.45) is 5.73 Å². The van der Waals surface area contributed by atoms with E-state index in [0.29, 0.717) is 30.3 Å². The lowest BCUT2D eigenvalue weighted by Gasteiger charge is -2.18. The SMILES string of the molecule is CCOc1ccc(C(O)C(O)CN)cc1OCC. The summed E-state index contributed by atoms with van der Waals surface area (Å²) in [6.45, 7) is 4.79. The molecule has 0 fully saturated rings. The lowest BCUT2D eigenvalue weighted by Crippen LogP contribution is -2.27. The minimum atomic E-state index is -1.02. The number of ether oxygens (including phenoxy) is 2. The maximum Gasteiger partial charge on any atom is 0.161 e. The van der Waals surface area contributed by atoms with E-state index in [0.717, 1.165) is 0 Å². The molecule has 1 rings (SSSR count). The second-order valence-corrected chi connectivity index (χ2v) is 3.82. The van der Waals surface area contributed by atoms with Gasteiger partial charge in [-0.05, 0) is 31.5 Å². The van der Waals surface area contributed by atoms with E-state index in [4.69, 9.17) is 15.2 Å². The highest BCUT2D eigenvalue weighted by Gasteiger charge is 2.18. The molecule has 2 unspecified atom stereocenters. The van der Waals surface area contributed by atoms with Gasteiger partial charge in [-0.1, -0.05) is 6.07 Å². The van der Waals surface area contributed by atoms with Crippen LogP contribution >= 0.6 is 0 Å². The quantitative estimate of drug-likeness (QED) is 0.672. The predicted molar refractivity (Wildman–Crippen MR) is 68.8 cm³/mol. The van der Waals surface area contributed by atoms with Gasteiger partial charge in [0.25, 0.3) is 0 Å². The van der Waals surface area contributed by atoms with E-state index >= 15 is 0 Å². The first-order valence-electron chi connectivity index (χ1n) is 6.09. The fourth-order valence-electron chi connectivity index (χ4n) is 1.60. The predicted octanol–water partition coefficient (Wildman–Crippen LogP) is 0.837. The van der Waals surface area contributed by atoms with Gasteiger partial charge in [0.15, 0.2) is 11.5 Å². The summed E-state index contributed by atoms with van der Waals surface area (Å²) in [5.41, 5.74) is 5.87. The van der Waals surface area contributed by atoms with Gasteiger partial charge in [0.05, 0.1) is 19.3 Å². The van der Waals surface area contributed by atoms with E-state index in [1.165, 1.54) is 0 Å². The molecule has 0 amide bonds. The number of aliphatic hydroxyl groups excluding tert-OH is 2. The maximum atomic E-state index is 9.88. The summed E-state index contributed by atoms with van der Waals surface area (Å²) >= 11 is 0. The van der Waals surface area contributed by atoms with Gasteiger partial charge in [0.1, 0.15) is 6.10 Å². The average Bonchev–Trinajstić information content (AvgIpc) is 2.39. The van der Waals surface area contributed by atoms with Crippen molar-refractivity contribution in [2.45, 2.75) is 26.1 Å². The third-order valence-corrected chi connectivity index (χ3v) is 2.51. The van der Waals surface area contributed by atoms with Crippen LogP contribution in [0.15, 0.2) is 18.2 Å². The molecule has 0 aromatic heterocycles. The van der Waals surface area contributed by atoms with Crippen LogP contribution in [0.25, 0.3) is 0 Å². The molecule has 0 aliphatic carbocycles. The van der Waals surface area contributed by atoms with Gasteiger partial charge in [-0.15, -0.1) is 0 Å². The van der Waals surface area contributed by atoms with Gasteiger partial charge in [0.2, 0.25) is 0 Å². The Kier molecular flexibility index (Phi) is 5.91. The lowest BCUT2D eigenvalue weighted by molar-refractivity contribution is 0.0241. The summed E-state index contributed by atoms with van der Waals surface area (Å²) in [7, 11) is 0. The maximum absolute atomic E-state index is 9.88. The highest BCUT2D eigenvalue weighted by molar-refractivity contribution is 5.43. The Morgan fingerprint density at radius 1 is 1.11 bits per heavy atom. The molecule has 0 heterocycles. The Morgan fingerprint density at radius 2 is 1.72 bits per heavy atom. The minimum Gasteiger partial charge on any atom is -0.490 e. The van der Waals surface area contributed by atoms with Crippen molar-refractivity contribution in [2.75, 3.05) is 19.8 Å². The molecule has 0 spiro atoms. The number of hydrogen-bond donors (Lipinski definition) is 3. The van der Waals surface area contributed by atoms with Crippen molar-refractivity contribution >= 4 is 0 Å². The zero-order chi connectivity index (χ0) is 13.5. The monoisotopic (exact) mass is 255 g/mol. The standard InChI is InChI=1S/C13H21NO4/c1-3-17-11-6-5-9(7-12(11)18-4-2)13(16)10(15)8-14/h5-7,10,13,15-16H,3-4,8,14H2,1-2H3. The molecule has 2 atom stereocenters. The van der Waals surface area contributed by atoms with Crippen molar-refractivity contribution in [3.63, 3.8) is 0 Å². The van der Waals surface area contributed by atoms with Crippen LogP contribution in [0.4, 0.5) is 0 Å². The number of aliphatic hydroxyl groups is 2. The number of hydrogen-bond acceptors (Lipinski definition) is 5. The Morgan fingerprint density at radius 3 is 2.28 bits per heavy atom. The van der Waals surface area contributed by atoms with Gasteiger partial charge < -0.3 is 25.4 Å². The fraction of sp³-hybridized carbons (Fsp3) is 0.538. The first kappa shape index (κ1) is 14.8. The van der Waals surface area contributed by atoms with Gasteiger partial charge in [-0.3, -0.25) is 0 Å². The van der Waals surface area contributed by atoms with Crippen LogP contribution in [0.2, 0.25) is 0 Å². The number of benzene rings is 1. The molecule has 1 aromatic rings. The van der Waals surface area contributed by atoms with E-state index in [1.54, 1.807) is 18.2 Å². The summed E-state index contributed by atoms with van der Waals surface area (Å²) in [6.07, 6.45) is -2.01. The van der Waals surface area contributed by atoms with Crippen LogP contribution in [0.1, 0.15) is 25.5 Å². The number of rotatable bonds is 7. The Labute approximate surface area is 107 Å². The molecule has 0 saturated carbocycles. The second kappa shape index (κ2) is 7.20. The molecule has 1 aromatic carbocycles. The van der Waals surface area contributed by atoms with E-state index in [9.17, 15) is 10.2 Å². The Balaban J connectivity index is 2.98. The molecule has 0 saturated heterocycles. The van der Waals surface area contributed by atoms with Crippen LogP contribution in [-0.4, -0.2) is 36.1 Å². The Hall–Kier alpha value is -1.30. The van der Waals surface area contributed by atoms with Gasteiger partial charge >= 0.3 is 0 Å². The molecule has 0 aliphatic rings. The lowest BCUT2D eigenvalue weighted by atomic mass is 10.0. The Bertz CT molecular complexity index is 370. The zero-order valence-corrected chi connectivity index (χ0v) is 10.8. The molecule has 0 bridgehead atoms. The average molecular weight is 255 g/mol. The van der Waals surface area contributed by atoms with Gasteiger partial charge in [-0.25, -0.2) is 0 Å². The van der Waals surface area contributed by atoms with E-state index in [2.05, 4.69) is 0 Å². The highest BCUT2D eigenvalue weighted by atomic mass is 16.5. The summed E-state index contributed by atoms with van der Waals surface area (Å²) < 4.78 is 10.9. The third kappa shape index (κ3) is 3.60. The van der Waals surface area contributed by atoms with E-state index in [1.807, 2.05) is 13.8 Å². The smallest absolute Gasteiger partial charge is 0.161 e. The molecular weight excluding hydrogens is 234 g/mol. The minimum absolute atomic E-state index is 0.00164. The summed E-state index contributed by atoms with van der Waals surface area (Å²) in [4.78, 5) is 0. The molecule has 5 nitrogen and oxygen atoms in total. The fourth-order valence-corrected chi connectivity index (χ4v) is 1.60. The van der Waals surface area contributed by atoms with Crippen LogP contribution in [0, 0.1) is 0 Å². The second-order valence-electron chi connectivity index (χ2n) is 3.82. The molecule has 18 heavy (non-hydrogen) atoms. The van der Waals surface area contributed by atoms with Gasteiger partial charge in [0, 0.05) is 6.54 Å². The summed E-state index contributed by atoms with van der Waals surface area (Å²) in [5, 5.41) is 19.4. The van der Waals surface area contributed by atoms with Crippen molar-refractivity contribution in [1.29, 1.82) is 0 Å². The van der Waals surface area contributed by atoms with Crippen molar-refractivity contribution in [1.82, 2.24) is 0 Å². The van der Waals surface area contributed by atoms with Crippen LogP contribution in [-0.2, 0) is 0 Å². The van der Waals surface area contributed by atoms with Crippen molar-refractivity contribution in [3.8, 4) is 11.5 Å². The van der Waals surface area contributed by atoms with Crippen LogP contribution in [0.5, 0.6) is 11.5 Å². The van der Waals surface area contributed by atoms with E-state index < -0.39 is 12.2 Å². The molecule has 5 heteroatoms. The molecular formula is C13H21NO4. The topological polar surface area (TPSA) is 84.9 Å². The van der Waals surface area contributed by atoms with Crippen molar-refractivity contribution < 1.29 is 19.7 Å². The first-order valence-corrected chi connectivity index (χ1v) is 6.09. The van der Waals surface area contributed by atoms with Gasteiger partial charge in [-0.2, -0.15) is 0 Å². The molecule has 0 aliphatic heterocycles. The van der Waals surface area contributed by atoms with Crippen LogP contribution < -0.4 is 15.2 Å². The molecule has 0 radical (unpaired) electrons. The number of nitrogens with two attached hydrogens (primary N) is 1. The summed E-state index contributed by atoms with van der Waals surface area (Å²) in [6, 6.07) is 5.07. The van der Waals surface area contributed by atoms with E-state index in [-0.39, 0.29) is 6.54 Å². The first-order chi connectivity index (χ1) is 8.63. The largest absolute Gasteiger partial charge is 0.490 e. The highest BCUT2D eigenvalue weighted by Crippen LogP contribution is 2.31. The summed E-state index contributed by atoms with van der Waals surface area (Å²) in [5.74, 6) is 1.18. The normalized spacial score (nSPS) is 14.1. The molecule has 102 valence electrons. The van der Waals surface area contributed by atoms with Crippen LogP contribution in [0.3, 0.4) is 0 Å². The molecule has 4 N–H and O–H groups in total.